The van der Waals surface area contributed by atoms with Crippen molar-refractivity contribution in [1.82, 2.24) is 0 Å². The number of furan rings is 1. The molecule has 1 aromatic carbocycles. The van der Waals surface area contributed by atoms with Gasteiger partial charge in [-0.15, -0.1) is 0 Å². The number of anilines is 1. The van der Waals surface area contributed by atoms with E-state index in [1.165, 1.54) is 6.08 Å². The second-order valence-electron chi connectivity index (χ2n) is 5.35. The molecule has 0 aliphatic rings. The summed E-state index contributed by atoms with van der Waals surface area (Å²) in [6, 6.07) is 9.42. The smallest absolute Gasteiger partial charge is 0.266 e. The molecule has 2 rings (SSSR count). The van der Waals surface area contributed by atoms with E-state index in [1.807, 2.05) is 45.9 Å². The van der Waals surface area contributed by atoms with Crippen molar-refractivity contribution in [2.24, 2.45) is 0 Å². The van der Waals surface area contributed by atoms with Gasteiger partial charge in [0.05, 0.1) is 0 Å². The van der Waals surface area contributed by atoms with Gasteiger partial charge in [-0.3, -0.25) is 4.79 Å². The van der Waals surface area contributed by atoms with Crippen molar-refractivity contribution in [2.75, 3.05) is 5.32 Å². The summed E-state index contributed by atoms with van der Waals surface area (Å²) in [4.78, 5) is 12.3. The zero-order valence-electron chi connectivity index (χ0n) is 13.2. The van der Waals surface area contributed by atoms with Crippen molar-refractivity contribution < 1.29 is 9.21 Å². The normalized spacial score (nSPS) is 11.1. The zero-order valence-corrected chi connectivity index (χ0v) is 13.2. The number of nitriles is 1. The Morgan fingerprint density at radius 1 is 1.18 bits per heavy atom. The molecule has 2 aromatic rings. The van der Waals surface area contributed by atoms with Gasteiger partial charge in [0.25, 0.3) is 5.91 Å². The van der Waals surface area contributed by atoms with E-state index in [4.69, 9.17) is 4.42 Å². The summed E-state index contributed by atoms with van der Waals surface area (Å²) < 4.78 is 5.37. The molecule has 112 valence electrons. The zero-order chi connectivity index (χ0) is 16.3. The molecule has 4 heteroatoms. The van der Waals surface area contributed by atoms with Gasteiger partial charge in [-0.2, -0.15) is 5.26 Å². The van der Waals surface area contributed by atoms with Gasteiger partial charge in [-0.05, 0) is 51.0 Å². The molecule has 1 amide bonds. The fourth-order valence-corrected chi connectivity index (χ4v) is 2.38. The number of rotatable bonds is 3. The molecule has 0 saturated carbocycles. The molecule has 0 fully saturated rings. The van der Waals surface area contributed by atoms with Crippen LogP contribution in [-0.2, 0) is 4.79 Å². The van der Waals surface area contributed by atoms with Crippen LogP contribution in [0.4, 0.5) is 5.69 Å². The molecule has 1 aromatic heterocycles. The van der Waals surface area contributed by atoms with E-state index < -0.39 is 5.91 Å². The van der Waals surface area contributed by atoms with Crippen molar-refractivity contribution >= 4 is 17.7 Å². The van der Waals surface area contributed by atoms with E-state index in [0.29, 0.717) is 5.76 Å². The number of hydrogen-bond donors (Lipinski definition) is 1. The van der Waals surface area contributed by atoms with Crippen LogP contribution in [0.2, 0.25) is 0 Å². The highest BCUT2D eigenvalue weighted by atomic mass is 16.3. The second-order valence-corrected chi connectivity index (χ2v) is 5.35. The topological polar surface area (TPSA) is 66.0 Å². The molecule has 0 radical (unpaired) electrons. The standard InChI is InChI=1S/C18H18N2O2/c1-11-7-12(2)17(13(3)8-11)20-18(21)15(10-19)9-16-6-5-14(4)22-16/h5-9H,1-4H3,(H,20,21)/b15-9+. The lowest BCUT2D eigenvalue weighted by Crippen LogP contribution is -2.15. The third-order valence-corrected chi connectivity index (χ3v) is 3.33. The number of carbonyl (C=O) groups excluding carboxylic acids is 1. The minimum atomic E-state index is -0.438. The number of aryl methyl sites for hydroxylation is 4. The molecule has 0 saturated heterocycles. The molecule has 1 heterocycles. The van der Waals surface area contributed by atoms with Crippen LogP contribution >= 0.6 is 0 Å². The third kappa shape index (κ3) is 3.44. The van der Waals surface area contributed by atoms with Crippen LogP contribution in [0.5, 0.6) is 0 Å². The summed E-state index contributed by atoms with van der Waals surface area (Å²) in [7, 11) is 0. The first-order valence-electron chi connectivity index (χ1n) is 6.98. The molecule has 0 atom stereocenters. The lowest BCUT2D eigenvalue weighted by atomic mass is 10.0. The largest absolute Gasteiger partial charge is 0.462 e. The number of amides is 1. The maximum absolute atomic E-state index is 12.3. The van der Waals surface area contributed by atoms with E-state index in [9.17, 15) is 10.1 Å². The average molecular weight is 294 g/mol. The Kier molecular flexibility index (Phi) is 4.47. The summed E-state index contributed by atoms with van der Waals surface area (Å²) in [6.45, 7) is 7.68. The van der Waals surface area contributed by atoms with Crippen molar-refractivity contribution in [3.63, 3.8) is 0 Å². The lowest BCUT2D eigenvalue weighted by Gasteiger charge is -2.12. The Morgan fingerprint density at radius 2 is 1.82 bits per heavy atom. The fourth-order valence-electron chi connectivity index (χ4n) is 2.38. The first-order chi connectivity index (χ1) is 10.4. The van der Waals surface area contributed by atoms with Crippen LogP contribution in [0.25, 0.3) is 6.08 Å². The minimum Gasteiger partial charge on any atom is -0.462 e. The second kappa shape index (κ2) is 6.31. The number of carbonyl (C=O) groups is 1. The van der Waals surface area contributed by atoms with E-state index in [1.54, 1.807) is 12.1 Å². The molecule has 0 unspecified atom stereocenters. The molecule has 0 aliphatic heterocycles. The average Bonchev–Trinajstić information content (AvgIpc) is 2.85. The Hall–Kier alpha value is -2.80. The summed E-state index contributed by atoms with van der Waals surface area (Å²) in [5.41, 5.74) is 3.82. The molecule has 0 aliphatic carbocycles. The fraction of sp³-hybridized carbons (Fsp3) is 0.222. The number of hydrogen-bond acceptors (Lipinski definition) is 3. The Labute approximate surface area is 130 Å². The van der Waals surface area contributed by atoms with Gasteiger partial charge in [0.15, 0.2) is 0 Å². The Morgan fingerprint density at radius 3 is 2.32 bits per heavy atom. The van der Waals surface area contributed by atoms with E-state index in [-0.39, 0.29) is 5.57 Å². The molecular formula is C18H18N2O2. The molecule has 0 spiro atoms. The van der Waals surface area contributed by atoms with Crippen LogP contribution in [0.3, 0.4) is 0 Å². The highest BCUT2D eigenvalue weighted by molar-refractivity contribution is 6.10. The summed E-state index contributed by atoms with van der Waals surface area (Å²) >= 11 is 0. The van der Waals surface area contributed by atoms with Crippen LogP contribution in [0, 0.1) is 39.0 Å². The monoisotopic (exact) mass is 294 g/mol. The molecule has 1 N–H and O–H groups in total. The van der Waals surface area contributed by atoms with Crippen LogP contribution in [0.1, 0.15) is 28.2 Å². The van der Waals surface area contributed by atoms with Gasteiger partial charge in [-0.25, -0.2) is 0 Å². The minimum absolute atomic E-state index is 0.00808. The highest BCUT2D eigenvalue weighted by Gasteiger charge is 2.13. The van der Waals surface area contributed by atoms with Crippen LogP contribution < -0.4 is 5.32 Å². The molecular weight excluding hydrogens is 276 g/mol. The van der Waals surface area contributed by atoms with Gasteiger partial charge < -0.3 is 9.73 Å². The molecule has 4 nitrogen and oxygen atoms in total. The predicted octanol–water partition coefficient (Wildman–Crippen LogP) is 4.06. The Bertz CT molecular complexity index is 769. The van der Waals surface area contributed by atoms with Gasteiger partial charge in [0, 0.05) is 11.8 Å². The van der Waals surface area contributed by atoms with Gasteiger partial charge in [0.1, 0.15) is 23.2 Å². The summed E-state index contributed by atoms with van der Waals surface area (Å²) in [5, 5.41) is 12.0. The maximum atomic E-state index is 12.3. The van der Waals surface area contributed by atoms with Crippen LogP contribution in [-0.4, -0.2) is 5.91 Å². The van der Waals surface area contributed by atoms with Crippen LogP contribution in [0.15, 0.2) is 34.3 Å². The van der Waals surface area contributed by atoms with Crippen molar-refractivity contribution in [1.29, 1.82) is 5.26 Å². The van der Waals surface area contributed by atoms with E-state index in [2.05, 4.69) is 5.32 Å². The number of nitrogens with one attached hydrogen (secondary N) is 1. The van der Waals surface area contributed by atoms with Crippen molar-refractivity contribution in [2.45, 2.75) is 27.7 Å². The van der Waals surface area contributed by atoms with Gasteiger partial charge >= 0.3 is 0 Å². The molecule has 0 bridgehead atoms. The third-order valence-electron chi connectivity index (χ3n) is 3.33. The Balaban J connectivity index is 2.28. The van der Waals surface area contributed by atoms with Gasteiger partial charge in [0.2, 0.25) is 0 Å². The maximum Gasteiger partial charge on any atom is 0.266 e. The van der Waals surface area contributed by atoms with E-state index >= 15 is 0 Å². The number of benzene rings is 1. The SMILES string of the molecule is Cc1cc(C)c(NC(=O)/C(C#N)=C/c2ccc(C)o2)c(C)c1. The lowest BCUT2D eigenvalue weighted by molar-refractivity contribution is -0.112. The summed E-state index contributed by atoms with van der Waals surface area (Å²) in [6.07, 6.45) is 1.45. The van der Waals surface area contributed by atoms with E-state index in [0.717, 1.165) is 28.1 Å². The number of nitrogens with zero attached hydrogens (tertiary/aromatic N) is 1. The summed E-state index contributed by atoms with van der Waals surface area (Å²) in [5.74, 6) is 0.780. The van der Waals surface area contributed by atoms with Gasteiger partial charge in [-0.1, -0.05) is 17.7 Å². The van der Waals surface area contributed by atoms with Crippen molar-refractivity contribution in [3.8, 4) is 6.07 Å². The first kappa shape index (κ1) is 15.6. The quantitative estimate of drug-likeness (QED) is 0.685. The first-order valence-corrected chi connectivity index (χ1v) is 6.98. The van der Waals surface area contributed by atoms with Crippen molar-refractivity contribution in [3.05, 3.63) is 58.0 Å². The highest BCUT2D eigenvalue weighted by Crippen LogP contribution is 2.22. The predicted molar refractivity (Wildman–Crippen MR) is 86.3 cm³/mol. The molecule has 22 heavy (non-hydrogen) atoms.